The van der Waals surface area contributed by atoms with Crippen molar-refractivity contribution < 1.29 is 18.7 Å². The Kier molecular flexibility index (Phi) is 7.84. The summed E-state index contributed by atoms with van der Waals surface area (Å²) < 4.78 is 17.3. The van der Waals surface area contributed by atoms with Crippen LogP contribution >= 0.6 is 0 Å². The molecule has 0 amide bonds. The average Bonchev–Trinajstić information content (AvgIpc) is 3.37. The van der Waals surface area contributed by atoms with Crippen molar-refractivity contribution in [1.29, 1.82) is 0 Å². The smallest absolute Gasteiger partial charge is 0.248 e. The summed E-state index contributed by atoms with van der Waals surface area (Å²) in [5.74, 6) is 2.61. The Morgan fingerprint density at radius 2 is 1.15 bits per heavy atom. The zero-order valence-corrected chi connectivity index (χ0v) is 18.4. The lowest BCUT2D eigenvalue weighted by Gasteiger charge is -2.08. The first-order valence-corrected chi connectivity index (χ1v) is 11.1. The van der Waals surface area contributed by atoms with E-state index in [1.165, 1.54) is 0 Å². The summed E-state index contributed by atoms with van der Waals surface area (Å²) in [5.41, 5.74) is 2.41. The molecule has 0 atom stereocenters. The number of ether oxygens (including phenoxy) is 2. The van der Waals surface area contributed by atoms with E-state index in [1.54, 1.807) is 12.1 Å². The maximum absolute atomic E-state index is 10.7. The van der Waals surface area contributed by atoms with Crippen molar-refractivity contribution >= 4 is 6.29 Å². The van der Waals surface area contributed by atoms with E-state index >= 15 is 0 Å². The molecule has 0 radical (unpaired) electrons. The molecule has 0 saturated heterocycles. The Hall–Kier alpha value is -3.93. The fraction of sp³-hybridized carbons (Fsp3) is 0.222. The molecule has 6 nitrogen and oxygen atoms in total. The molecular weight excluding hydrogens is 416 g/mol. The first kappa shape index (κ1) is 22.3. The number of unbranched alkanes of at least 4 members (excludes halogenated alkanes) is 3. The third kappa shape index (κ3) is 6.53. The van der Waals surface area contributed by atoms with Crippen molar-refractivity contribution in [2.24, 2.45) is 0 Å². The summed E-state index contributed by atoms with van der Waals surface area (Å²) in [6.45, 7) is 1.34. The number of carbonyl (C=O) groups excluding carboxylic acids is 1. The fourth-order valence-corrected chi connectivity index (χ4v) is 3.31. The van der Waals surface area contributed by atoms with Crippen LogP contribution in [0.15, 0.2) is 83.3 Å². The van der Waals surface area contributed by atoms with Crippen LogP contribution in [-0.2, 0) is 0 Å². The molecule has 0 fully saturated rings. The van der Waals surface area contributed by atoms with Crippen molar-refractivity contribution in [3.63, 3.8) is 0 Å². The Morgan fingerprint density at radius 3 is 1.70 bits per heavy atom. The number of hydrogen-bond acceptors (Lipinski definition) is 6. The van der Waals surface area contributed by atoms with Crippen molar-refractivity contribution in [3.8, 4) is 34.4 Å². The van der Waals surface area contributed by atoms with E-state index in [-0.39, 0.29) is 0 Å². The summed E-state index contributed by atoms with van der Waals surface area (Å²) in [6, 6.07) is 24.6. The van der Waals surface area contributed by atoms with Gasteiger partial charge in [0, 0.05) is 16.7 Å². The standard InChI is InChI=1S/C27H26N2O4/c30-20-21-10-14-24(15-11-21)31-18-6-1-2-7-19-32-25-16-12-23(13-17-25)27-29-28-26(33-27)22-8-4-3-5-9-22/h3-5,8-17,20H,1-2,6-7,18-19H2. The van der Waals surface area contributed by atoms with Crippen LogP contribution in [0.2, 0.25) is 0 Å². The molecule has 4 aromatic rings. The van der Waals surface area contributed by atoms with Gasteiger partial charge in [0.05, 0.1) is 13.2 Å². The van der Waals surface area contributed by atoms with E-state index in [1.807, 2.05) is 66.7 Å². The van der Waals surface area contributed by atoms with Gasteiger partial charge in [-0.1, -0.05) is 18.2 Å². The van der Waals surface area contributed by atoms with Crippen LogP contribution in [0.1, 0.15) is 36.0 Å². The summed E-state index contributed by atoms with van der Waals surface area (Å²) in [6.07, 6.45) is 4.96. The van der Waals surface area contributed by atoms with E-state index in [4.69, 9.17) is 13.9 Å². The Balaban J connectivity index is 1.12. The topological polar surface area (TPSA) is 74.5 Å². The lowest BCUT2D eigenvalue weighted by Crippen LogP contribution is -2.00. The van der Waals surface area contributed by atoms with Crippen LogP contribution < -0.4 is 9.47 Å². The summed E-state index contributed by atoms with van der Waals surface area (Å²) in [4.78, 5) is 10.7. The first-order chi connectivity index (χ1) is 16.3. The SMILES string of the molecule is O=Cc1ccc(OCCCCCCOc2ccc(-c3nnc(-c4ccccc4)o3)cc2)cc1. The number of hydrogen-bond donors (Lipinski definition) is 0. The number of carbonyl (C=O) groups is 1. The molecule has 0 aliphatic rings. The second kappa shape index (κ2) is 11.6. The first-order valence-electron chi connectivity index (χ1n) is 11.1. The summed E-state index contributed by atoms with van der Waals surface area (Å²) in [7, 11) is 0. The maximum Gasteiger partial charge on any atom is 0.248 e. The van der Waals surface area contributed by atoms with Crippen molar-refractivity contribution in [2.75, 3.05) is 13.2 Å². The van der Waals surface area contributed by atoms with Gasteiger partial charge in [-0.2, -0.15) is 0 Å². The largest absolute Gasteiger partial charge is 0.494 e. The van der Waals surface area contributed by atoms with Crippen molar-refractivity contribution in [1.82, 2.24) is 10.2 Å². The van der Waals surface area contributed by atoms with Gasteiger partial charge in [-0.3, -0.25) is 4.79 Å². The summed E-state index contributed by atoms with van der Waals surface area (Å²) >= 11 is 0. The Bertz CT molecular complexity index is 1120. The number of aldehydes is 1. The van der Waals surface area contributed by atoms with Crippen LogP contribution in [-0.4, -0.2) is 29.7 Å². The van der Waals surface area contributed by atoms with Gasteiger partial charge in [-0.05, 0) is 86.3 Å². The molecule has 6 heteroatoms. The van der Waals surface area contributed by atoms with Crippen LogP contribution in [0.3, 0.4) is 0 Å². The van der Waals surface area contributed by atoms with E-state index in [0.29, 0.717) is 30.6 Å². The molecule has 168 valence electrons. The zero-order valence-electron chi connectivity index (χ0n) is 18.4. The molecule has 0 saturated carbocycles. The van der Waals surface area contributed by atoms with Crippen LogP contribution in [0.25, 0.3) is 22.9 Å². The number of nitrogens with zero attached hydrogens (tertiary/aromatic N) is 2. The van der Waals surface area contributed by atoms with E-state index in [2.05, 4.69) is 10.2 Å². The molecular formula is C27H26N2O4. The monoisotopic (exact) mass is 442 g/mol. The van der Waals surface area contributed by atoms with E-state index in [9.17, 15) is 4.79 Å². The molecule has 0 spiro atoms. The van der Waals surface area contributed by atoms with Gasteiger partial charge in [-0.25, -0.2) is 0 Å². The second-order valence-electron chi connectivity index (χ2n) is 7.60. The third-order valence-corrected chi connectivity index (χ3v) is 5.14. The van der Waals surface area contributed by atoms with Crippen LogP contribution in [0, 0.1) is 0 Å². The Morgan fingerprint density at radius 1 is 0.636 bits per heavy atom. The predicted octanol–water partition coefficient (Wildman–Crippen LogP) is 6.23. The summed E-state index contributed by atoms with van der Waals surface area (Å²) in [5, 5.41) is 8.28. The highest BCUT2D eigenvalue weighted by Crippen LogP contribution is 2.25. The highest BCUT2D eigenvalue weighted by molar-refractivity contribution is 5.74. The van der Waals surface area contributed by atoms with Gasteiger partial charge in [0.1, 0.15) is 17.8 Å². The minimum absolute atomic E-state index is 0.488. The lowest BCUT2D eigenvalue weighted by atomic mass is 10.2. The lowest BCUT2D eigenvalue weighted by molar-refractivity contribution is 0.112. The molecule has 1 heterocycles. The molecule has 0 bridgehead atoms. The average molecular weight is 443 g/mol. The highest BCUT2D eigenvalue weighted by Gasteiger charge is 2.10. The van der Waals surface area contributed by atoms with E-state index < -0.39 is 0 Å². The third-order valence-electron chi connectivity index (χ3n) is 5.14. The van der Waals surface area contributed by atoms with Gasteiger partial charge in [0.15, 0.2) is 0 Å². The maximum atomic E-state index is 10.7. The minimum Gasteiger partial charge on any atom is -0.494 e. The number of rotatable bonds is 12. The van der Waals surface area contributed by atoms with Gasteiger partial charge >= 0.3 is 0 Å². The van der Waals surface area contributed by atoms with Crippen LogP contribution in [0.4, 0.5) is 0 Å². The zero-order chi connectivity index (χ0) is 22.7. The molecule has 0 unspecified atom stereocenters. The number of aromatic nitrogens is 2. The molecule has 33 heavy (non-hydrogen) atoms. The van der Waals surface area contributed by atoms with Crippen LogP contribution in [0.5, 0.6) is 11.5 Å². The van der Waals surface area contributed by atoms with Gasteiger partial charge in [-0.15, -0.1) is 10.2 Å². The molecule has 0 aliphatic carbocycles. The Labute approximate surface area is 193 Å². The fourth-order valence-electron chi connectivity index (χ4n) is 3.31. The van der Waals surface area contributed by atoms with E-state index in [0.717, 1.165) is 54.6 Å². The number of benzene rings is 3. The molecule has 3 aromatic carbocycles. The quantitative estimate of drug-likeness (QED) is 0.191. The normalized spacial score (nSPS) is 10.7. The molecule has 0 N–H and O–H groups in total. The minimum atomic E-state index is 0.488. The van der Waals surface area contributed by atoms with Crippen molar-refractivity contribution in [3.05, 3.63) is 84.4 Å². The molecule has 0 aliphatic heterocycles. The highest BCUT2D eigenvalue weighted by atomic mass is 16.5. The van der Waals surface area contributed by atoms with Gasteiger partial charge in [0.2, 0.25) is 11.8 Å². The predicted molar refractivity (Wildman–Crippen MR) is 126 cm³/mol. The van der Waals surface area contributed by atoms with Crippen molar-refractivity contribution in [2.45, 2.75) is 25.7 Å². The molecule has 4 rings (SSSR count). The second-order valence-corrected chi connectivity index (χ2v) is 7.60. The van der Waals surface area contributed by atoms with Gasteiger partial charge in [0.25, 0.3) is 0 Å². The molecule has 1 aromatic heterocycles. The van der Waals surface area contributed by atoms with Gasteiger partial charge < -0.3 is 13.9 Å².